The van der Waals surface area contributed by atoms with Gasteiger partial charge in [0.05, 0.1) is 4.88 Å². The Kier molecular flexibility index (Phi) is 6.70. The van der Waals surface area contributed by atoms with Gasteiger partial charge < -0.3 is 15.1 Å². The summed E-state index contributed by atoms with van der Waals surface area (Å²) in [5.74, 6) is 0.391. The summed E-state index contributed by atoms with van der Waals surface area (Å²) in [6.07, 6.45) is 7.27. The number of hydrogen-bond donors (Lipinski definition) is 1. The predicted molar refractivity (Wildman–Crippen MR) is 106 cm³/mol. The van der Waals surface area contributed by atoms with E-state index in [-0.39, 0.29) is 17.7 Å². The van der Waals surface area contributed by atoms with Gasteiger partial charge in [-0.2, -0.15) is 0 Å². The Balaban J connectivity index is 1.59. The lowest BCUT2D eigenvalue weighted by Gasteiger charge is -2.21. The molecule has 1 aromatic rings. The normalized spacial score (nSPS) is 20.6. The molecule has 2 amide bonds. The summed E-state index contributed by atoms with van der Waals surface area (Å²) in [5.41, 5.74) is 1.21. The number of carbonyl (C=O) groups excluding carboxylic acids is 2. The maximum atomic E-state index is 12.8. The molecule has 0 aromatic carbocycles. The third kappa shape index (κ3) is 4.86. The lowest BCUT2D eigenvalue weighted by atomic mass is 9.88. The predicted octanol–water partition coefficient (Wildman–Crippen LogP) is 2.55. The molecule has 2 heterocycles. The lowest BCUT2D eigenvalue weighted by molar-refractivity contribution is -0.125. The van der Waals surface area contributed by atoms with Crippen molar-refractivity contribution >= 4 is 23.2 Å². The molecule has 1 fully saturated rings. The van der Waals surface area contributed by atoms with Gasteiger partial charge in [0.2, 0.25) is 5.91 Å². The van der Waals surface area contributed by atoms with Gasteiger partial charge in [-0.3, -0.25) is 9.59 Å². The minimum atomic E-state index is 0.0420. The highest BCUT2D eigenvalue weighted by atomic mass is 32.1. The van der Waals surface area contributed by atoms with Gasteiger partial charge in [0, 0.05) is 37.0 Å². The monoisotopic (exact) mass is 377 g/mol. The molecule has 0 saturated carbocycles. The van der Waals surface area contributed by atoms with Crippen molar-refractivity contribution in [2.45, 2.75) is 44.9 Å². The van der Waals surface area contributed by atoms with Crippen molar-refractivity contribution in [3.05, 3.63) is 21.4 Å². The number of amides is 2. The Hall–Kier alpha value is -1.40. The SMILES string of the molecule is CN(C)CCNC(=O)[C@@H]1CCc2sc(C(=O)N3CCCCCC3)cc2C1. The fourth-order valence-corrected chi connectivity index (χ4v) is 5.01. The first-order valence-electron chi connectivity index (χ1n) is 9.88. The van der Waals surface area contributed by atoms with E-state index in [9.17, 15) is 9.59 Å². The number of likely N-dealkylation sites (tertiary alicyclic amines) is 1. The van der Waals surface area contributed by atoms with Crippen LogP contribution in [-0.2, 0) is 17.6 Å². The second-order valence-corrected chi connectivity index (χ2v) is 8.94. The first kappa shape index (κ1) is 19.4. The van der Waals surface area contributed by atoms with Gasteiger partial charge in [0.25, 0.3) is 5.91 Å². The molecule has 0 radical (unpaired) electrons. The number of hydrogen-bond acceptors (Lipinski definition) is 4. The zero-order chi connectivity index (χ0) is 18.5. The van der Waals surface area contributed by atoms with Crippen LogP contribution in [-0.4, -0.2) is 61.9 Å². The second kappa shape index (κ2) is 9.00. The van der Waals surface area contributed by atoms with Crippen LogP contribution in [0, 0.1) is 5.92 Å². The maximum Gasteiger partial charge on any atom is 0.263 e. The largest absolute Gasteiger partial charge is 0.355 e. The van der Waals surface area contributed by atoms with Gasteiger partial charge >= 0.3 is 0 Å². The topological polar surface area (TPSA) is 52.7 Å². The standard InChI is InChI=1S/C20H31N3O2S/c1-22(2)12-9-21-19(24)15-7-8-17-16(13-15)14-18(26-17)20(25)23-10-5-3-4-6-11-23/h14-15H,3-13H2,1-2H3,(H,21,24)/t15-/m1/s1. The molecule has 1 aliphatic heterocycles. The van der Waals surface area contributed by atoms with Crippen molar-refractivity contribution < 1.29 is 9.59 Å². The summed E-state index contributed by atoms with van der Waals surface area (Å²) in [6, 6.07) is 2.06. The summed E-state index contributed by atoms with van der Waals surface area (Å²) < 4.78 is 0. The Morgan fingerprint density at radius 3 is 2.65 bits per heavy atom. The number of thiophene rings is 1. The maximum absolute atomic E-state index is 12.8. The van der Waals surface area contributed by atoms with Crippen molar-refractivity contribution in [2.75, 3.05) is 40.3 Å². The van der Waals surface area contributed by atoms with E-state index >= 15 is 0 Å². The molecular weight excluding hydrogens is 346 g/mol. The Morgan fingerprint density at radius 1 is 1.23 bits per heavy atom. The molecule has 1 aromatic heterocycles. The highest BCUT2D eigenvalue weighted by molar-refractivity contribution is 7.14. The van der Waals surface area contributed by atoms with Crippen LogP contribution in [0.4, 0.5) is 0 Å². The van der Waals surface area contributed by atoms with Gasteiger partial charge in [-0.1, -0.05) is 12.8 Å². The average molecular weight is 378 g/mol. The van der Waals surface area contributed by atoms with E-state index in [2.05, 4.69) is 16.3 Å². The van der Waals surface area contributed by atoms with Crippen LogP contribution in [0.25, 0.3) is 0 Å². The molecule has 0 spiro atoms. The summed E-state index contributed by atoms with van der Waals surface area (Å²) >= 11 is 1.65. The smallest absolute Gasteiger partial charge is 0.263 e. The third-order valence-corrected chi connectivity index (χ3v) is 6.64. The van der Waals surface area contributed by atoms with Gasteiger partial charge in [0.1, 0.15) is 0 Å². The molecule has 0 bridgehead atoms. The Bertz CT molecular complexity index is 633. The van der Waals surface area contributed by atoms with Crippen molar-refractivity contribution in [1.29, 1.82) is 0 Å². The number of rotatable bonds is 5. The molecule has 3 rings (SSSR count). The van der Waals surface area contributed by atoms with Gasteiger partial charge in [0.15, 0.2) is 0 Å². The molecule has 1 atom stereocenters. The quantitative estimate of drug-likeness (QED) is 0.858. The number of nitrogens with zero attached hydrogens (tertiary/aromatic N) is 2. The average Bonchev–Trinajstić information content (AvgIpc) is 2.85. The van der Waals surface area contributed by atoms with Gasteiger partial charge in [-0.15, -0.1) is 11.3 Å². The fourth-order valence-electron chi connectivity index (χ4n) is 3.83. The van der Waals surface area contributed by atoms with Crippen molar-refractivity contribution in [1.82, 2.24) is 15.1 Å². The van der Waals surface area contributed by atoms with Crippen LogP contribution < -0.4 is 5.32 Å². The first-order valence-corrected chi connectivity index (χ1v) is 10.7. The Labute approximate surface area is 160 Å². The number of nitrogens with one attached hydrogen (secondary N) is 1. The van der Waals surface area contributed by atoms with E-state index in [4.69, 9.17) is 0 Å². The van der Waals surface area contributed by atoms with E-state index in [1.807, 2.05) is 19.0 Å². The highest BCUT2D eigenvalue weighted by Gasteiger charge is 2.28. The number of likely N-dealkylation sites (N-methyl/N-ethyl adjacent to an activating group) is 1. The molecule has 144 valence electrons. The molecule has 6 heteroatoms. The number of aryl methyl sites for hydroxylation is 1. The van der Waals surface area contributed by atoms with E-state index in [0.29, 0.717) is 6.54 Å². The highest BCUT2D eigenvalue weighted by Crippen LogP contribution is 2.33. The van der Waals surface area contributed by atoms with Crippen LogP contribution in [0.5, 0.6) is 0 Å². The van der Waals surface area contributed by atoms with Crippen molar-refractivity contribution in [3.63, 3.8) is 0 Å². The van der Waals surface area contributed by atoms with E-state index < -0.39 is 0 Å². The van der Waals surface area contributed by atoms with E-state index in [1.54, 1.807) is 11.3 Å². The van der Waals surface area contributed by atoms with Gasteiger partial charge in [-0.05, 0) is 57.8 Å². The van der Waals surface area contributed by atoms with Crippen LogP contribution in [0.15, 0.2) is 6.07 Å². The molecule has 1 aliphatic carbocycles. The molecule has 0 unspecified atom stereocenters. The van der Waals surface area contributed by atoms with Crippen LogP contribution in [0.2, 0.25) is 0 Å². The summed E-state index contributed by atoms with van der Waals surface area (Å²) in [7, 11) is 4.01. The second-order valence-electron chi connectivity index (χ2n) is 7.80. The lowest BCUT2D eigenvalue weighted by Crippen LogP contribution is -2.37. The fraction of sp³-hybridized carbons (Fsp3) is 0.700. The third-order valence-electron chi connectivity index (χ3n) is 5.42. The molecule has 5 nitrogen and oxygen atoms in total. The summed E-state index contributed by atoms with van der Waals surface area (Å²) in [4.78, 5) is 31.5. The molecular formula is C20H31N3O2S. The van der Waals surface area contributed by atoms with Crippen LogP contribution >= 0.6 is 11.3 Å². The zero-order valence-corrected chi connectivity index (χ0v) is 16.9. The van der Waals surface area contributed by atoms with Crippen molar-refractivity contribution in [3.8, 4) is 0 Å². The molecule has 26 heavy (non-hydrogen) atoms. The van der Waals surface area contributed by atoms with Crippen molar-refractivity contribution in [2.24, 2.45) is 5.92 Å². The number of fused-ring (bicyclic) bond motifs is 1. The molecule has 1 saturated heterocycles. The first-order chi connectivity index (χ1) is 12.5. The zero-order valence-electron chi connectivity index (χ0n) is 16.1. The molecule has 1 N–H and O–H groups in total. The van der Waals surface area contributed by atoms with Gasteiger partial charge in [-0.25, -0.2) is 0 Å². The molecule has 2 aliphatic rings. The van der Waals surface area contributed by atoms with E-state index in [0.717, 1.165) is 56.6 Å². The summed E-state index contributed by atoms with van der Waals surface area (Å²) in [5, 5.41) is 3.05. The van der Waals surface area contributed by atoms with Crippen LogP contribution in [0.1, 0.15) is 52.2 Å². The Morgan fingerprint density at radius 2 is 1.96 bits per heavy atom. The van der Waals surface area contributed by atoms with E-state index in [1.165, 1.54) is 23.3 Å². The summed E-state index contributed by atoms with van der Waals surface area (Å²) in [6.45, 7) is 3.32. The van der Waals surface area contributed by atoms with Crippen LogP contribution in [0.3, 0.4) is 0 Å². The number of carbonyl (C=O) groups is 2. The minimum absolute atomic E-state index is 0.0420. The minimum Gasteiger partial charge on any atom is -0.355 e.